The van der Waals surface area contributed by atoms with Gasteiger partial charge in [-0.1, -0.05) is 12.2 Å². The van der Waals surface area contributed by atoms with Crippen LogP contribution in [-0.4, -0.2) is 33.9 Å². The summed E-state index contributed by atoms with van der Waals surface area (Å²) in [6.07, 6.45) is -0.256. The molecule has 0 aromatic carbocycles. The van der Waals surface area contributed by atoms with Crippen LogP contribution in [0.4, 0.5) is 4.39 Å². The Morgan fingerprint density at radius 2 is 1.83 bits per heavy atom. The van der Waals surface area contributed by atoms with Gasteiger partial charge in [0.25, 0.3) is 0 Å². The molecule has 70 valence electrons. The van der Waals surface area contributed by atoms with Gasteiger partial charge in [-0.2, -0.15) is 0 Å². The predicted octanol–water partition coefficient (Wildman–Crippen LogP) is -0.0377. The first-order valence-electron chi connectivity index (χ1n) is 3.98. The van der Waals surface area contributed by atoms with Crippen molar-refractivity contribution in [1.82, 2.24) is 0 Å². The summed E-state index contributed by atoms with van der Waals surface area (Å²) in [6, 6.07) is 0. The van der Waals surface area contributed by atoms with E-state index in [1.165, 1.54) is 12.2 Å². The minimum Gasteiger partial charge on any atom is -0.387 e. The van der Waals surface area contributed by atoms with Gasteiger partial charge in [-0.05, 0) is 12.8 Å². The largest absolute Gasteiger partial charge is 0.387 e. The summed E-state index contributed by atoms with van der Waals surface area (Å²) in [6.45, 7) is 0. The Morgan fingerprint density at radius 1 is 1.17 bits per heavy atom. The molecule has 1 rings (SSSR count). The molecular formula is C8H13FO3. The lowest BCUT2D eigenvalue weighted by Gasteiger charge is -2.24. The van der Waals surface area contributed by atoms with Gasteiger partial charge in [0.15, 0.2) is 6.29 Å². The Hall–Kier alpha value is -0.450. The number of halogens is 1. The molecule has 1 aliphatic rings. The number of alkyl halides is 1. The van der Waals surface area contributed by atoms with Gasteiger partial charge in [0.05, 0.1) is 0 Å². The standard InChI is InChI=1S/C8H13FO3/c9-6-3-1-5(2-4-6)7(10)8(11)12/h1,3,5-8,10-12H,2,4H2. The van der Waals surface area contributed by atoms with E-state index < -0.39 is 18.6 Å². The molecule has 12 heavy (non-hydrogen) atoms. The van der Waals surface area contributed by atoms with Crippen LogP contribution < -0.4 is 0 Å². The van der Waals surface area contributed by atoms with E-state index in [2.05, 4.69) is 0 Å². The summed E-state index contributed by atoms with van der Waals surface area (Å²) in [5.41, 5.74) is 0. The van der Waals surface area contributed by atoms with Crippen LogP contribution in [0.1, 0.15) is 12.8 Å². The molecule has 0 saturated heterocycles. The first-order valence-corrected chi connectivity index (χ1v) is 3.98. The van der Waals surface area contributed by atoms with Crippen LogP contribution >= 0.6 is 0 Å². The summed E-state index contributed by atoms with van der Waals surface area (Å²) in [5.74, 6) is -0.336. The van der Waals surface area contributed by atoms with Crippen molar-refractivity contribution < 1.29 is 19.7 Å². The van der Waals surface area contributed by atoms with Gasteiger partial charge in [-0.3, -0.25) is 0 Å². The highest BCUT2D eigenvalue weighted by Gasteiger charge is 2.25. The molecule has 0 heterocycles. The fraction of sp³-hybridized carbons (Fsp3) is 0.750. The molecule has 3 atom stereocenters. The second kappa shape index (κ2) is 3.98. The van der Waals surface area contributed by atoms with Crippen LogP contribution in [0.5, 0.6) is 0 Å². The highest BCUT2D eigenvalue weighted by molar-refractivity contribution is 5.01. The van der Waals surface area contributed by atoms with Crippen molar-refractivity contribution in [3.8, 4) is 0 Å². The maximum atomic E-state index is 12.5. The highest BCUT2D eigenvalue weighted by atomic mass is 19.1. The maximum Gasteiger partial charge on any atom is 0.178 e. The van der Waals surface area contributed by atoms with Crippen molar-refractivity contribution in [1.29, 1.82) is 0 Å². The van der Waals surface area contributed by atoms with Gasteiger partial charge in [-0.25, -0.2) is 4.39 Å². The third kappa shape index (κ3) is 2.27. The molecule has 0 amide bonds. The van der Waals surface area contributed by atoms with Crippen molar-refractivity contribution in [3.63, 3.8) is 0 Å². The first kappa shape index (κ1) is 9.64. The Balaban J connectivity index is 2.49. The Kier molecular flexibility index (Phi) is 3.20. The van der Waals surface area contributed by atoms with Gasteiger partial charge in [0.2, 0.25) is 0 Å². The fourth-order valence-corrected chi connectivity index (χ4v) is 1.31. The van der Waals surface area contributed by atoms with E-state index in [9.17, 15) is 4.39 Å². The van der Waals surface area contributed by atoms with Gasteiger partial charge >= 0.3 is 0 Å². The lowest BCUT2D eigenvalue weighted by Crippen LogP contribution is -2.33. The summed E-state index contributed by atoms with van der Waals surface area (Å²) in [5, 5.41) is 26.4. The van der Waals surface area contributed by atoms with Crippen LogP contribution in [0.25, 0.3) is 0 Å². The van der Waals surface area contributed by atoms with Crippen LogP contribution in [0.3, 0.4) is 0 Å². The third-order valence-corrected chi connectivity index (χ3v) is 2.09. The van der Waals surface area contributed by atoms with Gasteiger partial charge in [0, 0.05) is 5.92 Å². The van der Waals surface area contributed by atoms with E-state index in [0.717, 1.165) is 0 Å². The molecule has 4 heteroatoms. The molecule has 0 aliphatic heterocycles. The van der Waals surface area contributed by atoms with Crippen LogP contribution in [-0.2, 0) is 0 Å². The molecule has 0 spiro atoms. The zero-order valence-electron chi connectivity index (χ0n) is 6.60. The SMILES string of the molecule is OC(O)C(O)C1C=CC(F)CC1. The smallest absolute Gasteiger partial charge is 0.178 e. The summed E-state index contributed by atoms with van der Waals surface area (Å²) >= 11 is 0. The van der Waals surface area contributed by atoms with Crippen molar-refractivity contribution in [2.24, 2.45) is 5.92 Å². The number of allylic oxidation sites excluding steroid dienone is 1. The molecule has 3 unspecified atom stereocenters. The molecule has 3 N–H and O–H groups in total. The Morgan fingerprint density at radius 3 is 2.25 bits per heavy atom. The number of aliphatic hydroxyl groups excluding tert-OH is 2. The summed E-state index contributed by atoms with van der Waals surface area (Å²) in [7, 11) is 0. The van der Waals surface area contributed by atoms with E-state index in [1.807, 2.05) is 0 Å². The molecule has 0 bridgehead atoms. The number of rotatable bonds is 2. The number of hydrogen-bond donors (Lipinski definition) is 3. The average Bonchev–Trinajstić information content (AvgIpc) is 2.04. The van der Waals surface area contributed by atoms with Gasteiger partial charge < -0.3 is 15.3 Å². The van der Waals surface area contributed by atoms with Crippen LogP contribution in [0.15, 0.2) is 12.2 Å². The molecule has 3 nitrogen and oxygen atoms in total. The normalized spacial score (nSPS) is 32.4. The van der Waals surface area contributed by atoms with E-state index in [1.54, 1.807) is 0 Å². The molecule has 1 aliphatic carbocycles. The molecule has 0 fully saturated rings. The molecular weight excluding hydrogens is 163 g/mol. The monoisotopic (exact) mass is 176 g/mol. The Labute approximate surface area is 70.1 Å². The second-order valence-electron chi connectivity index (χ2n) is 3.05. The van der Waals surface area contributed by atoms with Crippen molar-refractivity contribution in [2.45, 2.75) is 31.4 Å². The van der Waals surface area contributed by atoms with Crippen LogP contribution in [0, 0.1) is 5.92 Å². The lowest BCUT2D eigenvalue weighted by molar-refractivity contribution is -0.136. The highest BCUT2D eigenvalue weighted by Crippen LogP contribution is 2.23. The number of hydrogen-bond acceptors (Lipinski definition) is 3. The predicted molar refractivity (Wildman–Crippen MR) is 41.0 cm³/mol. The minimum atomic E-state index is -1.74. The van der Waals surface area contributed by atoms with E-state index in [-0.39, 0.29) is 5.92 Å². The zero-order chi connectivity index (χ0) is 9.14. The van der Waals surface area contributed by atoms with Gasteiger partial charge in [0.1, 0.15) is 12.3 Å². The first-order chi connectivity index (χ1) is 5.61. The van der Waals surface area contributed by atoms with Gasteiger partial charge in [-0.15, -0.1) is 0 Å². The molecule has 0 saturated carbocycles. The molecule has 0 radical (unpaired) electrons. The topological polar surface area (TPSA) is 60.7 Å². The number of aliphatic hydroxyl groups is 3. The van der Waals surface area contributed by atoms with E-state index in [4.69, 9.17) is 15.3 Å². The van der Waals surface area contributed by atoms with Crippen molar-refractivity contribution in [2.75, 3.05) is 0 Å². The maximum absolute atomic E-state index is 12.5. The average molecular weight is 176 g/mol. The summed E-state index contributed by atoms with van der Waals surface area (Å²) < 4.78 is 12.5. The van der Waals surface area contributed by atoms with Crippen LogP contribution in [0.2, 0.25) is 0 Å². The van der Waals surface area contributed by atoms with E-state index in [0.29, 0.717) is 12.8 Å². The molecule has 0 aromatic rings. The zero-order valence-corrected chi connectivity index (χ0v) is 6.60. The van der Waals surface area contributed by atoms with E-state index >= 15 is 0 Å². The summed E-state index contributed by atoms with van der Waals surface area (Å²) in [4.78, 5) is 0. The van der Waals surface area contributed by atoms with Crippen molar-refractivity contribution in [3.05, 3.63) is 12.2 Å². The fourth-order valence-electron chi connectivity index (χ4n) is 1.31. The third-order valence-electron chi connectivity index (χ3n) is 2.09. The Bertz CT molecular complexity index is 170. The lowest BCUT2D eigenvalue weighted by atomic mass is 9.90. The quantitative estimate of drug-likeness (QED) is 0.409. The second-order valence-corrected chi connectivity index (χ2v) is 3.05. The molecule has 0 aromatic heterocycles. The minimum absolute atomic E-state index is 0.336. The van der Waals surface area contributed by atoms with Crippen molar-refractivity contribution >= 4 is 0 Å².